The Bertz CT molecular complexity index is 647. The van der Waals surface area contributed by atoms with Gasteiger partial charge in [-0.3, -0.25) is 4.79 Å². The Morgan fingerprint density at radius 2 is 2.37 bits per heavy atom. The van der Waals surface area contributed by atoms with Crippen molar-refractivity contribution in [3.05, 3.63) is 30.1 Å². The van der Waals surface area contributed by atoms with Gasteiger partial charge in [0, 0.05) is 6.20 Å². The Kier molecular flexibility index (Phi) is 2.48. The molecule has 3 N–H and O–H groups in total. The van der Waals surface area contributed by atoms with Gasteiger partial charge in [0.15, 0.2) is 0 Å². The van der Waals surface area contributed by atoms with E-state index in [4.69, 9.17) is 5.73 Å². The van der Waals surface area contributed by atoms with Crippen molar-refractivity contribution >= 4 is 17.1 Å². The Hall–Kier alpha value is -2.11. The zero-order valence-corrected chi connectivity index (χ0v) is 10.6. The molecule has 2 aromatic rings. The molecule has 0 aliphatic heterocycles. The first kappa shape index (κ1) is 12.0. The van der Waals surface area contributed by atoms with Crippen molar-refractivity contribution in [3.63, 3.8) is 0 Å². The maximum atomic E-state index is 14.0. The maximum absolute atomic E-state index is 14.0. The van der Waals surface area contributed by atoms with Gasteiger partial charge in [0.1, 0.15) is 5.67 Å². The lowest BCUT2D eigenvalue weighted by Gasteiger charge is -2.20. The summed E-state index contributed by atoms with van der Waals surface area (Å²) in [5.41, 5.74) is 5.71. The van der Waals surface area contributed by atoms with Crippen molar-refractivity contribution in [1.82, 2.24) is 9.61 Å². The van der Waals surface area contributed by atoms with Gasteiger partial charge >= 0.3 is 0 Å². The van der Waals surface area contributed by atoms with Crippen molar-refractivity contribution in [2.45, 2.75) is 31.5 Å². The maximum Gasteiger partial charge on any atom is 0.252 e. The number of hydrogen-bond acceptors (Lipinski definition) is 3. The standard InChI is InChI=1S/C13H15FN4O/c1-8(13(14)4-5-13)17-11-9(12(15)19)7-16-18-6-2-3-10(11)18/h2-3,6-8,17H,4-5H2,1H3,(H2,15,19). The number of aromatic nitrogens is 2. The summed E-state index contributed by atoms with van der Waals surface area (Å²) in [6, 6.07) is 3.25. The minimum Gasteiger partial charge on any atom is -0.377 e. The number of halogens is 1. The lowest BCUT2D eigenvalue weighted by molar-refractivity contribution is 0.100. The molecule has 19 heavy (non-hydrogen) atoms. The quantitative estimate of drug-likeness (QED) is 0.881. The number of hydrogen-bond donors (Lipinski definition) is 2. The van der Waals surface area contributed by atoms with Gasteiger partial charge in [0.2, 0.25) is 0 Å². The first-order valence-electron chi connectivity index (χ1n) is 6.23. The van der Waals surface area contributed by atoms with Crippen molar-refractivity contribution in [2.24, 2.45) is 5.73 Å². The number of nitrogens with zero attached hydrogens (tertiary/aromatic N) is 2. The molecule has 6 heteroatoms. The van der Waals surface area contributed by atoms with Crippen LogP contribution in [0.2, 0.25) is 0 Å². The summed E-state index contributed by atoms with van der Waals surface area (Å²) >= 11 is 0. The highest BCUT2D eigenvalue weighted by atomic mass is 19.1. The van der Waals surface area contributed by atoms with Crippen LogP contribution in [0.25, 0.3) is 5.52 Å². The summed E-state index contributed by atoms with van der Waals surface area (Å²) in [7, 11) is 0. The van der Waals surface area contributed by atoms with Crippen molar-refractivity contribution < 1.29 is 9.18 Å². The Labute approximate surface area is 109 Å². The number of carbonyl (C=O) groups is 1. The summed E-state index contributed by atoms with van der Waals surface area (Å²) in [5, 5.41) is 7.18. The number of nitrogens with one attached hydrogen (secondary N) is 1. The van der Waals surface area contributed by atoms with Crippen LogP contribution in [0.1, 0.15) is 30.1 Å². The average Bonchev–Trinajstić information content (AvgIpc) is 2.94. The first-order chi connectivity index (χ1) is 9.01. The van der Waals surface area contributed by atoms with Gasteiger partial charge in [-0.25, -0.2) is 8.91 Å². The first-order valence-corrected chi connectivity index (χ1v) is 6.23. The fraction of sp³-hybridized carbons (Fsp3) is 0.385. The molecule has 2 aromatic heterocycles. The predicted octanol–water partition coefficient (Wildman–Crippen LogP) is 1.74. The molecule has 100 valence electrons. The third kappa shape index (κ3) is 1.93. The van der Waals surface area contributed by atoms with Crippen LogP contribution < -0.4 is 11.1 Å². The number of fused-ring (bicyclic) bond motifs is 1. The molecular weight excluding hydrogens is 247 g/mol. The highest BCUT2D eigenvalue weighted by molar-refractivity contribution is 6.01. The largest absolute Gasteiger partial charge is 0.377 e. The fourth-order valence-electron chi connectivity index (χ4n) is 2.23. The van der Waals surface area contributed by atoms with E-state index in [1.54, 1.807) is 17.6 Å². The van der Waals surface area contributed by atoms with Crippen molar-refractivity contribution in [1.29, 1.82) is 0 Å². The van der Waals surface area contributed by atoms with E-state index in [0.29, 0.717) is 24.0 Å². The highest BCUT2D eigenvalue weighted by Gasteiger charge is 2.48. The van der Waals surface area contributed by atoms with Crippen molar-refractivity contribution in [2.75, 3.05) is 5.32 Å². The van der Waals surface area contributed by atoms with E-state index in [9.17, 15) is 9.18 Å². The van der Waals surface area contributed by atoms with Crippen LogP contribution in [0.3, 0.4) is 0 Å². The van der Waals surface area contributed by atoms with E-state index in [1.807, 2.05) is 12.1 Å². The molecule has 1 atom stereocenters. The smallest absolute Gasteiger partial charge is 0.252 e. The molecule has 1 fully saturated rings. The van der Waals surface area contributed by atoms with Crippen LogP contribution in [0.15, 0.2) is 24.5 Å². The Morgan fingerprint density at radius 3 is 3.00 bits per heavy atom. The van der Waals surface area contributed by atoms with Crippen LogP contribution in [0.4, 0.5) is 10.1 Å². The lowest BCUT2D eigenvalue weighted by atomic mass is 10.1. The van der Waals surface area contributed by atoms with Gasteiger partial charge in [-0.1, -0.05) is 0 Å². The Morgan fingerprint density at radius 1 is 1.63 bits per heavy atom. The molecule has 1 unspecified atom stereocenters. The highest BCUT2D eigenvalue weighted by Crippen LogP contribution is 2.44. The molecule has 2 heterocycles. The second-order valence-electron chi connectivity index (χ2n) is 5.04. The van der Waals surface area contributed by atoms with Crippen LogP contribution in [0.5, 0.6) is 0 Å². The summed E-state index contributed by atoms with van der Waals surface area (Å²) in [6.45, 7) is 1.78. The van der Waals surface area contributed by atoms with Crippen LogP contribution in [0, 0.1) is 0 Å². The second kappa shape index (κ2) is 3.94. The average molecular weight is 262 g/mol. The summed E-state index contributed by atoms with van der Waals surface area (Å²) in [4.78, 5) is 11.5. The zero-order valence-electron chi connectivity index (χ0n) is 10.6. The van der Waals surface area contributed by atoms with Gasteiger partial charge in [-0.15, -0.1) is 0 Å². The number of nitrogens with two attached hydrogens (primary N) is 1. The number of alkyl halides is 1. The molecule has 1 saturated carbocycles. The molecular formula is C13H15FN4O. The van der Waals surface area contributed by atoms with E-state index in [-0.39, 0.29) is 11.6 Å². The van der Waals surface area contributed by atoms with E-state index >= 15 is 0 Å². The number of carbonyl (C=O) groups excluding carboxylic acids is 1. The van der Waals surface area contributed by atoms with Crippen molar-refractivity contribution in [3.8, 4) is 0 Å². The van der Waals surface area contributed by atoms with Crippen LogP contribution in [-0.2, 0) is 0 Å². The number of anilines is 1. The van der Waals surface area contributed by atoms with E-state index in [2.05, 4.69) is 10.4 Å². The topological polar surface area (TPSA) is 72.4 Å². The van der Waals surface area contributed by atoms with Crippen LogP contribution >= 0.6 is 0 Å². The molecule has 1 aliphatic rings. The van der Waals surface area contributed by atoms with Gasteiger partial charge in [0.05, 0.1) is 29.0 Å². The summed E-state index contributed by atoms with van der Waals surface area (Å²) < 4.78 is 15.7. The third-order valence-corrected chi connectivity index (χ3v) is 3.69. The summed E-state index contributed by atoms with van der Waals surface area (Å²) in [6.07, 6.45) is 4.27. The summed E-state index contributed by atoms with van der Waals surface area (Å²) in [5.74, 6) is -0.574. The lowest BCUT2D eigenvalue weighted by Crippen LogP contribution is -2.30. The Balaban J connectivity index is 2.06. The second-order valence-corrected chi connectivity index (χ2v) is 5.04. The molecule has 0 bridgehead atoms. The minimum atomic E-state index is -1.18. The SMILES string of the molecule is CC(Nc1c(C(N)=O)cnn2cccc12)C1(F)CC1. The van der Waals surface area contributed by atoms with Gasteiger partial charge in [-0.2, -0.15) is 5.10 Å². The monoisotopic (exact) mass is 262 g/mol. The van der Waals surface area contributed by atoms with Gasteiger partial charge in [0.25, 0.3) is 5.91 Å². The molecule has 3 rings (SSSR count). The van der Waals surface area contributed by atoms with E-state index < -0.39 is 11.6 Å². The van der Waals surface area contributed by atoms with E-state index in [0.717, 1.165) is 0 Å². The molecule has 0 aromatic carbocycles. The predicted molar refractivity (Wildman–Crippen MR) is 69.9 cm³/mol. The van der Waals surface area contributed by atoms with Crippen LogP contribution in [-0.4, -0.2) is 27.2 Å². The van der Waals surface area contributed by atoms with Gasteiger partial charge < -0.3 is 11.1 Å². The molecule has 1 amide bonds. The number of rotatable bonds is 4. The van der Waals surface area contributed by atoms with E-state index in [1.165, 1.54) is 6.20 Å². The van der Waals surface area contributed by atoms with Gasteiger partial charge in [-0.05, 0) is 31.9 Å². The molecule has 5 nitrogen and oxygen atoms in total. The third-order valence-electron chi connectivity index (χ3n) is 3.69. The fourth-order valence-corrected chi connectivity index (χ4v) is 2.23. The molecule has 1 aliphatic carbocycles. The molecule has 0 saturated heterocycles. The normalized spacial score (nSPS) is 18.2. The number of primary amides is 1. The minimum absolute atomic E-state index is 0.280. The molecule has 0 radical (unpaired) electrons. The molecule has 0 spiro atoms. The number of amides is 1. The zero-order chi connectivity index (χ0) is 13.6.